The van der Waals surface area contributed by atoms with Crippen LogP contribution in [0.4, 0.5) is 5.69 Å². The number of benzene rings is 2. The van der Waals surface area contributed by atoms with Gasteiger partial charge in [0.1, 0.15) is 0 Å². The number of nitro benzene ring substituents is 1. The quantitative estimate of drug-likeness (QED) is 0.362. The molecule has 0 fully saturated rings. The van der Waals surface area contributed by atoms with E-state index >= 15 is 0 Å². The van der Waals surface area contributed by atoms with Crippen LogP contribution >= 0.6 is 0 Å². The summed E-state index contributed by atoms with van der Waals surface area (Å²) < 4.78 is 0. The van der Waals surface area contributed by atoms with Gasteiger partial charge in [-0.25, -0.2) is 0 Å². The normalized spacial score (nSPS) is 14.0. The lowest BCUT2D eigenvalue weighted by Gasteiger charge is -2.16. The molecule has 0 heterocycles. The molecule has 2 aromatic rings. The first-order chi connectivity index (χ1) is 11.2. The summed E-state index contributed by atoms with van der Waals surface area (Å²) in [6.07, 6.45) is 6.11. The number of hydrogen-bond acceptors (Lipinski definition) is 3. The van der Waals surface area contributed by atoms with Crippen LogP contribution in [0.1, 0.15) is 35.1 Å². The molecule has 4 heteroatoms. The largest absolute Gasteiger partial charge is 0.276 e. The number of nitriles is 1. The van der Waals surface area contributed by atoms with Crippen LogP contribution in [0.15, 0.2) is 42.5 Å². The molecule has 0 saturated heterocycles. The van der Waals surface area contributed by atoms with Gasteiger partial charge in [0.15, 0.2) is 0 Å². The van der Waals surface area contributed by atoms with E-state index < -0.39 is 4.92 Å². The molecule has 4 nitrogen and oxygen atoms in total. The van der Waals surface area contributed by atoms with Crippen molar-refractivity contribution in [2.45, 2.75) is 25.7 Å². The third-order valence-corrected chi connectivity index (χ3v) is 4.21. The summed E-state index contributed by atoms with van der Waals surface area (Å²) in [6, 6.07) is 14.7. The van der Waals surface area contributed by atoms with Crippen LogP contribution in [0.2, 0.25) is 0 Å². The van der Waals surface area contributed by atoms with E-state index in [2.05, 4.69) is 18.2 Å². The Labute approximate surface area is 134 Å². The van der Waals surface area contributed by atoms with Crippen LogP contribution in [0.25, 0.3) is 11.6 Å². The second kappa shape index (κ2) is 6.45. The molecule has 0 atom stereocenters. The van der Waals surface area contributed by atoms with Crippen LogP contribution in [0.3, 0.4) is 0 Å². The first-order valence-corrected chi connectivity index (χ1v) is 7.66. The van der Waals surface area contributed by atoms with Crippen molar-refractivity contribution in [2.24, 2.45) is 0 Å². The summed E-state index contributed by atoms with van der Waals surface area (Å²) in [6.45, 7) is 0. The maximum Gasteiger partial charge on any atom is 0.276 e. The van der Waals surface area contributed by atoms with Crippen molar-refractivity contribution in [1.29, 1.82) is 5.26 Å². The highest BCUT2D eigenvalue weighted by Crippen LogP contribution is 2.28. The Morgan fingerprint density at radius 3 is 2.61 bits per heavy atom. The van der Waals surface area contributed by atoms with Crippen molar-refractivity contribution in [3.63, 3.8) is 0 Å². The van der Waals surface area contributed by atoms with Crippen molar-refractivity contribution in [2.75, 3.05) is 0 Å². The lowest BCUT2D eigenvalue weighted by molar-refractivity contribution is -0.385. The van der Waals surface area contributed by atoms with E-state index in [0.29, 0.717) is 11.1 Å². The SMILES string of the molecule is N#C/C(=C\c1ccccc1[N+](=O)[O-])c1ccc2c(c1)CCCC2. The Hall–Kier alpha value is -2.93. The van der Waals surface area contributed by atoms with Gasteiger partial charge in [-0.2, -0.15) is 5.26 Å². The van der Waals surface area contributed by atoms with Crippen LogP contribution in [-0.4, -0.2) is 4.92 Å². The van der Waals surface area contributed by atoms with Gasteiger partial charge in [0.05, 0.1) is 22.1 Å². The minimum absolute atomic E-state index is 0.0122. The van der Waals surface area contributed by atoms with Crippen molar-refractivity contribution in [3.8, 4) is 6.07 Å². The standard InChI is InChI=1S/C19H16N2O2/c20-13-18(12-17-7-3-4-8-19(17)21(22)23)16-10-9-14-5-1-2-6-15(14)11-16/h3-4,7-12H,1-2,5-6H2/b18-12+. The molecule has 23 heavy (non-hydrogen) atoms. The molecule has 0 saturated carbocycles. The van der Waals surface area contributed by atoms with Crippen LogP contribution < -0.4 is 0 Å². The lowest BCUT2D eigenvalue weighted by Crippen LogP contribution is -2.02. The predicted molar refractivity (Wildman–Crippen MR) is 89.7 cm³/mol. The molecule has 1 aliphatic carbocycles. The van der Waals surface area contributed by atoms with Crippen molar-refractivity contribution < 1.29 is 4.92 Å². The Morgan fingerprint density at radius 2 is 1.87 bits per heavy atom. The fourth-order valence-corrected chi connectivity index (χ4v) is 3.01. The number of rotatable bonds is 3. The summed E-state index contributed by atoms with van der Waals surface area (Å²) in [5.74, 6) is 0. The summed E-state index contributed by atoms with van der Waals surface area (Å²) in [4.78, 5) is 10.7. The molecule has 0 N–H and O–H groups in total. The fraction of sp³-hybridized carbons (Fsp3) is 0.211. The molecular formula is C19H16N2O2. The van der Waals surface area contributed by atoms with E-state index in [1.54, 1.807) is 24.3 Å². The number of allylic oxidation sites excluding steroid dienone is 1. The fourth-order valence-electron chi connectivity index (χ4n) is 3.01. The highest BCUT2D eigenvalue weighted by Gasteiger charge is 2.14. The van der Waals surface area contributed by atoms with Gasteiger partial charge < -0.3 is 0 Å². The van der Waals surface area contributed by atoms with Crippen LogP contribution in [0.5, 0.6) is 0 Å². The molecule has 1 aliphatic rings. The van der Waals surface area contributed by atoms with Gasteiger partial charge in [-0.05, 0) is 54.5 Å². The highest BCUT2D eigenvalue weighted by atomic mass is 16.6. The molecule has 0 spiro atoms. The zero-order chi connectivity index (χ0) is 16.2. The van der Waals surface area contributed by atoms with E-state index in [1.807, 2.05) is 6.07 Å². The molecule has 2 aromatic carbocycles. The van der Waals surface area contributed by atoms with Crippen molar-refractivity contribution in [1.82, 2.24) is 0 Å². The van der Waals surface area contributed by atoms with Gasteiger partial charge in [0.25, 0.3) is 5.69 Å². The maximum absolute atomic E-state index is 11.1. The smallest absolute Gasteiger partial charge is 0.258 e. The van der Waals surface area contributed by atoms with Gasteiger partial charge >= 0.3 is 0 Å². The number of fused-ring (bicyclic) bond motifs is 1. The van der Waals surface area contributed by atoms with E-state index in [1.165, 1.54) is 30.0 Å². The maximum atomic E-state index is 11.1. The molecule has 0 aliphatic heterocycles. The van der Waals surface area contributed by atoms with Gasteiger partial charge in [-0.15, -0.1) is 0 Å². The van der Waals surface area contributed by atoms with Crippen molar-refractivity contribution in [3.05, 3.63) is 74.8 Å². The Bertz CT molecular complexity index is 832. The van der Waals surface area contributed by atoms with Crippen molar-refractivity contribution >= 4 is 17.3 Å². The molecule has 0 bridgehead atoms. The Kier molecular flexibility index (Phi) is 4.20. The number of nitro groups is 1. The minimum atomic E-state index is -0.423. The molecule has 0 radical (unpaired) electrons. The predicted octanol–water partition coefficient (Wildman–Crippen LogP) is 4.54. The van der Waals surface area contributed by atoms with Gasteiger partial charge in [-0.3, -0.25) is 10.1 Å². The summed E-state index contributed by atoms with van der Waals surface area (Å²) >= 11 is 0. The van der Waals surface area contributed by atoms with E-state index in [9.17, 15) is 15.4 Å². The molecular weight excluding hydrogens is 288 g/mol. The number of nitrogens with zero attached hydrogens (tertiary/aromatic N) is 2. The Morgan fingerprint density at radius 1 is 1.13 bits per heavy atom. The topological polar surface area (TPSA) is 66.9 Å². The zero-order valence-electron chi connectivity index (χ0n) is 12.7. The first-order valence-electron chi connectivity index (χ1n) is 7.66. The summed E-state index contributed by atoms with van der Waals surface area (Å²) in [5, 5.41) is 20.6. The molecule has 0 amide bonds. The van der Waals surface area contributed by atoms with E-state index in [-0.39, 0.29) is 5.69 Å². The second-order valence-electron chi connectivity index (χ2n) is 5.68. The van der Waals surface area contributed by atoms with Gasteiger partial charge in [-0.1, -0.05) is 30.3 Å². The summed E-state index contributed by atoms with van der Waals surface area (Å²) in [5.41, 5.74) is 4.38. The number of para-hydroxylation sites is 1. The lowest BCUT2D eigenvalue weighted by atomic mass is 9.89. The molecule has 0 unspecified atom stereocenters. The first kappa shape index (κ1) is 15.0. The molecule has 114 valence electrons. The number of aryl methyl sites for hydroxylation is 2. The highest BCUT2D eigenvalue weighted by molar-refractivity contribution is 5.91. The zero-order valence-corrected chi connectivity index (χ0v) is 12.7. The molecule has 3 rings (SSSR count). The monoisotopic (exact) mass is 304 g/mol. The average molecular weight is 304 g/mol. The number of hydrogen-bond donors (Lipinski definition) is 0. The van der Waals surface area contributed by atoms with Crippen LogP contribution in [0, 0.1) is 21.4 Å². The third-order valence-electron chi connectivity index (χ3n) is 4.21. The second-order valence-corrected chi connectivity index (χ2v) is 5.68. The third kappa shape index (κ3) is 3.14. The van der Waals surface area contributed by atoms with Gasteiger partial charge in [0.2, 0.25) is 0 Å². The van der Waals surface area contributed by atoms with Crippen LogP contribution in [-0.2, 0) is 12.8 Å². The minimum Gasteiger partial charge on any atom is -0.258 e. The average Bonchev–Trinajstić information content (AvgIpc) is 2.59. The summed E-state index contributed by atoms with van der Waals surface area (Å²) in [7, 11) is 0. The van der Waals surface area contributed by atoms with E-state index in [0.717, 1.165) is 18.4 Å². The van der Waals surface area contributed by atoms with E-state index in [4.69, 9.17) is 0 Å². The molecule has 0 aromatic heterocycles. The Balaban J connectivity index is 2.04. The van der Waals surface area contributed by atoms with Gasteiger partial charge in [0, 0.05) is 6.07 Å².